The molecule has 0 bridgehead atoms. The van der Waals surface area contributed by atoms with Crippen LogP contribution in [0.4, 0.5) is 4.39 Å². The van der Waals surface area contributed by atoms with Crippen LogP contribution < -0.4 is 14.8 Å². The van der Waals surface area contributed by atoms with Gasteiger partial charge in [-0.1, -0.05) is 30.3 Å². The first kappa shape index (κ1) is 24.0. The van der Waals surface area contributed by atoms with Crippen molar-refractivity contribution in [3.05, 3.63) is 53.8 Å². The Bertz CT molecular complexity index is 1110. The summed E-state index contributed by atoms with van der Waals surface area (Å²) in [5, 5.41) is 2.83. The van der Waals surface area contributed by atoms with Gasteiger partial charge in [0.1, 0.15) is 18.2 Å². The molecule has 7 nitrogen and oxygen atoms in total. The standard InChI is InChI=1S/C26H32FN3O4/c1-17(28-18(2)31)15-32-20-9-11-21(12-10-20)34-26-29-22-13-14-23(24(27)25(22)30(26)3)33-16-19-7-5-4-6-8-19/h4-8,13-14,17,20-21H,9-12,15-16H2,1-3H3,(H,28,31)/t17-,20?,21?/m0/s1. The van der Waals surface area contributed by atoms with Crippen molar-refractivity contribution >= 4 is 16.9 Å². The van der Waals surface area contributed by atoms with Crippen LogP contribution in [0.25, 0.3) is 11.0 Å². The number of halogens is 1. The van der Waals surface area contributed by atoms with Crippen LogP contribution in [0.5, 0.6) is 11.8 Å². The normalized spacial score (nSPS) is 19.1. The Morgan fingerprint density at radius 3 is 2.56 bits per heavy atom. The van der Waals surface area contributed by atoms with Gasteiger partial charge in [-0.15, -0.1) is 0 Å². The highest BCUT2D eigenvalue weighted by Crippen LogP contribution is 2.31. The molecule has 2 aromatic carbocycles. The summed E-state index contributed by atoms with van der Waals surface area (Å²) in [7, 11) is 1.76. The zero-order valence-electron chi connectivity index (χ0n) is 19.9. The predicted molar refractivity (Wildman–Crippen MR) is 127 cm³/mol. The zero-order valence-corrected chi connectivity index (χ0v) is 19.9. The molecule has 4 rings (SSSR count). The summed E-state index contributed by atoms with van der Waals surface area (Å²) in [5.41, 5.74) is 1.87. The number of carbonyl (C=O) groups excluding carboxylic acids is 1. The maximum absolute atomic E-state index is 15.2. The van der Waals surface area contributed by atoms with Crippen LogP contribution in [-0.4, -0.2) is 40.3 Å². The topological polar surface area (TPSA) is 74.6 Å². The summed E-state index contributed by atoms with van der Waals surface area (Å²) in [4.78, 5) is 15.6. The number of nitrogens with zero attached hydrogens (tertiary/aromatic N) is 2. The monoisotopic (exact) mass is 469 g/mol. The Hall–Kier alpha value is -3.13. The molecule has 182 valence electrons. The van der Waals surface area contributed by atoms with E-state index in [2.05, 4.69) is 10.3 Å². The largest absolute Gasteiger partial charge is 0.486 e. The van der Waals surface area contributed by atoms with Gasteiger partial charge in [-0.05, 0) is 50.3 Å². The molecular formula is C26H32FN3O4. The van der Waals surface area contributed by atoms with Gasteiger partial charge in [-0.3, -0.25) is 9.36 Å². The van der Waals surface area contributed by atoms with Crippen molar-refractivity contribution < 1.29 is 23.4 Å². The minimum atomic E-state index is -0.441. The van der Waals surface area contributed by atoms with E-state index in [1.807, 2.05) is 37.3 Å². The van der Waals surface area contributed by atoms with Gasteiger partial charge in [0.25, 0.3) is 6.01 Å². The van der Waals surface area contributed by atoms with Crippen molar-refractivity contribution in [2.24, 2.45) is 7.05 Å². The smallest absolute Gasteiger partial charge is 0.297 e. The fourth-order valence-electron chi connectivity index (χ4n) is 4.31. The number of imidazole rings is 1. The number of nitrogens with one attached hydrogen (secondary N) is 1. The Labute approximate surface area is 199 Å². The van der Waals surface area contributed by atoms with Gasteiger partial charge in [0.2, 0.25) is 5.91 Å². The molecule has 1 atom stereocenters. The number of amides is 1. The minimum Gasteiger partial charge on any atom is -0.486 e. The number of hydrogen-bond donors (Lipinski definition) is 1. The van der Waals surface area contributed by atoms with E-state index in [0.29, 0.717) is 30.3 Å². The van der Waals surface area contributed by atoms with Crippen LogP contribution in [0, 0.1) is 5.82 Å². The van der Waals surface area contributed by atoms with Crippen LogP contribution >= 0.6 is 0 Å². The molecular weight excluding hydrogens is 437 g/mol. The lowest BCUT2D eigenvalue weighted by Gasteiger charge is -2.29. The van der Waals surface area contributed by atoms with Gasteiger partial charge in [-0.25, -0.2) is 4.39 Å². The molecule has 0 saturated heterocycles. The quantitative estimate of drug-likeness (QED) is 0.499. The molecule has 0 spiro atoms. The first-order chi connectivity index (χ1) is 16.4. The summed E-state index contributed by atoms with van der Waals surface area (Å²) >= 11 is 0. The third kappa shape index (κ3) is 5.86. The third-order valence-electron chi connectivity index (χ3n) is 6.06. The number of aryl methyl sites for hydroxylation is 1. The first-order valence-electron chi connectivity index (χ1n) is 11.8. The highest BCUT2D eigenvalue weighted by Gasteiger charge is 2.26. The highest BCUT2D eigenvalue weighted by atomic mass is 19.1. The number of carbonyl (C=O) groups is 1. The molecule has 1 aromatic heterocycles. The molecule has 1 fully saturated rings. The van der Waals surface area contributed by atoms with Crippen LogP contribution in [0.1, 0.15) is 45.1 Å². The molecule has 1 aliphatic carbocycles. The van der Waals surface area contributed by atoms with E-state index >= 15 is 4.39 Å². The van der Waals surface area contributed by atoms with Crippen molar-refractivity contribution in [2.75, 3.05) is 6.61 Å². The lowest BCUT2D eigenvalue weighted by Crippen LogP contribution is -2.37. The molecule has 1 amide bonds. The fraction of sp³-hybridized carbons (Fsp3) is 0.462. The summed E-state index contributed by atoms with van der Waals surface area (Å²) in [5.74, 6) is -0.303. The van der Waals surface area contributed by atoms with Gasteiger partial charge >= 0.3 is 0 Å². The first-order valence-corrected chi connectivity index (χ1v) is 11.8. The average Bonchev–Trinajstić information content (AvgIpc) is 3.14. The predicted octanol–water partition coefficient (Wildman–Crippen LogP) is 4.52. The Morgan fingerprint density at radius 1 is 1.15 bits per heavy atom. The molecule has 34 heavy (non-hydrogen) atoms. The number of hydrogen-bond acceptors (Lipinski definition) is 5. The summed E-state index contributed by atoms with van der Waals surface area (Å²) in [6.07, 6.45) is 3.55. The summed E-state index contributed by atoms with van der Waals surface area (Å²) in [6, 6.07) is 13.4. The molecule has 1 N–H and O–H groups in total. The summed E-state index contributed by atoms with van der Waals surface area (Å²) < 4.78 is 34.7. The summed E-state index contributed by atoms with van der Waals surface area (Å²) in [6.45, 7) is 4.22. The van der Waals surface area contributed by atoms with Crippen molar-refractivity contribution in [1.29, 1.82) is 0 Å². The van der Waals surface area contributed by atoms with E-state index in [4.69, 9.17) is 14.2 Å². The van der Waals surface area contributed by atoms with Crippen LogP contribution in [0.3, 0.4) is 0 Å². The number of benzene rings is 2. The van der Waals surface area contributed by atoms with E-state index in [9.17, 15) is 4.79 Å². The van der Waals surface area contributed by atoms with Gasteiger partial charge in [-0.2, -0.15) is 4.98 Å². The van der Waals surface area contributed by atoms with Crippen LogP contribution in [-0.2, 0) is 23.2 Å². The lowest BCUT2D eigenvalue weighted by atomic mass is 9.95. The number of ether oxygens (including phenoxy) is 3. The minimum absolute atomic E-state index is 0.00000689. The Morgan fingerprint density at radius 2 is 1.85 bits per heavy atom. The molecule has 0 unspecified atom stereocenters. The number of aromatic nitrogens is 2. The Kier molecular flexibility index (Phi) is 7.67. The molecule has 3 aromatic rings. The van der Waals surface area contributed by atoms with E-state index < -0.39 is 5.82 Å². The molecule has 1 aliphatic rings. The van der Waals surface area contributed by atoms with Crippen molar-refractivity contribution in [3.8, 4) is 11.8 Å². The highest BCUT2D eigenvalue weighted by molar-refractivity contribution is 5.79. The van der Waals surface area contributed by atoms with Gasteiger partial charge in [0, 0.05) is 20.0 Å². The van der Waals surface area contributed by atoms with Gasteiger partial charge < -0.3 is 19.5 Å². The number of rotatable bonds is 9. The van der Waals surface area contributed by atoms with Gasteiger partial charge in [0.15, 0.2) is 11.6 Å². The Balaban J connectivity index is 1.34. The van der Waals surface area contributed by atoms with E-state index in [0.717, 1.165) is 31.2 Å². The maximum Gasteiger partial charge on any atom is 0.297 e. The molecule has 1 saturated carbocycles. The number of fused-ring (bicyclic) bond motifs is 1. The second-order valence-electron chi connectivity index (χ2n) is 8.92. The average molecular weight is 470 g/mol. The molecule has 1 heterocycles. The second kappa shape index (κ2) is 10.9. The van der Waals surface area contributed by atoms with Crippen molar-refractivity contribution in [2.45, 2.75) is 64.4 Å². The molecule has 0 aliphatic heterocycles. The lowest BCUT2D eigenvalue weighted by molar-refractivity contribution is -0.120. The van der Waals surface area contributed by atoms with E-state index in [-0.39, 0.29) is 29.9 Å². The van der Waals surface area contributed by atoms with E-state index in [1.165, 1.54) is 6.92 Å². The van der Waals surface area contributed by atoms with E-state index in [1.54, 1.807) is 23.7 Å². The second-order valence-corrected chi connectivity index (χ2v) is 8.92. The maximum atomic E-state index is 15.2. The van der Waals surface area contributed by atoms with Crippen molar-refractivity contribution in [3.63, 3.8) is 0 Å². The molecule has 8 heteroatoms. The van der Waals surface area contributed by atoms with Crippen molar-refractivity contribution in [1.82, 2.24) is 14.9 Å². The van der Waals surface area contributed by atoms with Gasteiger partial charge in [0.05, 0.1) is 18.2 Å². The van der Waals surface area contributed by atoms with Crippen LogP contribution in [0.15, 0.2) is 42.5 Å². The molecule has 0 radical (unpaired) electrons. The SMILES string of the molecule is CC(=O)N[C@@H](C)COC1CCC(Oc2nc3ccc(OCc4ccccc4)c(F)c3n2C)CC1. The van der Waals surface area contributed by atoms with Crippen LogP contribution in [0.2, 0.25) is 0 Å². The zero-order chi connectivity index (χ0) is 24.1. The third-order valence-corrected chi connectivity index (χ3v) is 6.06. The fourth-order valence-corrected chi connectivity index (χ4v) is 4.31.